The lowest BCUT2D eigenvalue weighted by atomic mass is 10.1. The molecule has 0 spiro atoms. The molecule has 194 valence electrons. The second-order valence-corrected chi connectivity index (χ2v) is 12.2. The summed E-state index contributed by atoms with van der Waals surface area (Å²) in [5.74, 6) is 0.156. The monoisotopic (exact) mass is 476 g/mol. The van der Waals surface area contributed by atoms with E-state index in [1.54, 1.807) is 0 Å². The first-order valence-electron chi connectivity index (χ1n) is 14.0. The molecule has 0 unspecified atom stereocenters. The van der Waals surface area contributed by atoms with E-state index in [9.17, 15) is 8.42 Å². The molecule has 0 rings (SSSR count). The Morgan fingerprint density at radius 3 is 1.38 bits per heavy atom. The van der Waals surface area contributed by atoms with Crippen LogP contribution in [-0.4, -0.2) is 52.4 Å². The third kappa shape index (κ3) is 23.0. The highest BCUT2D eigenvalue weighted by Gasteiger charge is 2.18. The van der Waals surface area contributed by atoms with Crippen LogP contribution in [0.25, 0.3) is 0 Å². The van der Waals surface area contributed by atoms with Crippen molar-refractivity contribution < 1.29 is 17.1 Å². The molecule has 0 N–H and O–H groups in total. The maximum atomic E-state index is 12.1. The number of hydrogen-bond donors (Lipinski definition) is 0. The van der Waals surface area contributed by atoms with Crippen LogP contribution in [0.1, 0.15) is 136 Å². The molecule has 0 fully saturated rings. The maximum Gasteiger partial charge on any atom is 0.267 e. The molecule has 0 atom stereocenters. The molecule has 0 aliphatic rings. The minimum atomic E-state index is -3.36. The average molecular weight is 477 g/mol. The molecule has 0 radical (unpaired) electrons. The van der Waals surface area contributed by atoms with Gasteiger partial charge in [0.05, 0.1) is 39.5 Å². The predicted octanol–water partition coefficient (Wildman–Crippen LogP) is 7.86. The summed E-state index contributed by atoms with van der Waals surface area (Å²) in [5.41, 5.74) is 0. The van der Waals surface area contributed by atoms with Gasteiger partial charge in [-0.15, -0.1) is 0 Å². The van der Waals surface area contributed by atoms with Crippen LogP contribution in [0.15, 0.2) is 0 Å². The molecule has 0 aromatic heterocycles. The quantitative estimate of drug-likeness (QED) is 0.0765. The Bertz CT molecular complexity index is 491. The number of quaternary nitrogens is 1. The fourth-order valence-corrected chi connectivity index (χ4v) is 5.26. The van der Waals surface area contributed by atoms with Gasteiger partial charge in [-0.2, -0.15) is 8.42 Å². The van der Waals surface area contributed by atoms with Crippen LogP contribution in [0.4, 0.5) is 0 Å². The smallest absolute Gasteiger partial charge is 0.267 e. The Morgan fingerprint density at radius 1 is 0.531 bits per heavy atom. The van der Waals surface area contributed by atoms with Crippen molar-refractivity contribution in [3.8, 4) is 0 Å². The lowest BCUT2D eigenvalue weighted by Gasteiger charge is -2.29. The highest BCUT2D eigenvalue weighted by atomic mass is 32.2. The summed E-state index contributed by atoms with van der Waals surface area (Å²) < 4.78 is 30.4. The summed E-state index contributed by atoms with van der Waals surface area (Å²) in [5, 5.41) is 0. The Kier molecular flexibility index (Phi) is 21.3. The van der Waals surface area contributed by atoms with Gasteiger partial charge >= 0.3 is 0 Å². The van der Waals surface area contributed by atoms with Crippen LogP contribution in [0.5, 0.6) is 0 Å². The molecular formula is C27H58NO3S+. The van der Waals surface area contributed by atoms with Gasteiger partial charge in [0.15, 0.2) is 0 Å². The molecular weight excluding hydrogens is 418 g/mol. The van der Waals surface area contributed by atoms with Crippen molar-refractivity contribution in [3.05, 3.63) is 0 Å². The highest BCUT2D eigenvalue weighted by molar-refractivity contribution is 7.86. The van der Waals surface area contributed by atoms with E-state index in [1.807, 2.05) is 0 Å². The van der Waals surface area contributed by atoms with Crippen molar-refractivity contribution in [1.29, 1.82) is 0 Å². The standard InChI is InChI=1S/C27H58NO3S/c1-5-7-9-11-13-15-16-17-19-21-24-28(3,4)25-23-27-32(29,30)31-26-22-20-18-14-12-10-8-6-2/h5-27H2,1-4H3/q+1. The molecule has 4 nitrogen and oxygen atoms in total. The van der Waals surface area contributed by atoms with Crippen LogP contribution >= 0.6 is 0 Å². The highest BCUT2D eigenvalue weighted by Crippen LogP contribution is 2.13. The minimum absolute atomic E-state index is 0.156. The molecule has 0 aliphatic carbocycles. The Labute approximate surface area is 202 Å². The van der Waals surface area contributed by atoms with E-state index in [4.69, 9.17) is 4.18 Å². The first-order chi connectivity index (χ1) is 15.3. The van der Waals surface area contributed by atoms with E-state index in [0.717, 1.165) is 30.4 Å². The lowest BCUT2D eigenvalue weighted by Crippen LogP contribution is -2.41. The van der Waals surface area contributed by atoms with Crippen LogP contribution < -0.4 is 0 Å². The fourth-order valence-electron chi connectivity index (χ4n) is 4.29. The maximum absolute atomic E-state index is 12.1. The number of hydrogen-bond acceptors (Lipinski definition) is 3. The van der Waals surface area contributed by atoms with Crippen LogP contribution in [0, 0.1) is 0 Å². The van der Waals surface area contributed by atoms with Crippen LogP contribution in [0.2, 0.25) is 0 Å². The summed E-state index contributed by atoms with van der Waals surface area (Å²) in [4.78, 5) is 0. The van der Waals surface area contributed by atoms with Crippen molar-refractivity contribution >= 4 is 10.1 Å². The summed E-state index contributed by atoms with van der Waals surface area (Å²) >= 11 is 0. The van der Waals surface area contributed by atoms with E-state index in [2.05, 4.69) is 27.9 Å². The van der Waals surface area contributed by atoms with Crippen molar-refractivity contribution in [2.45, 2.75) is 136 Å². The Hall–Kier alpha value is -0.130. The summed E-state index contributed by atoms with van der Waals surface area (Å²) in [6.45, 7) is 6.89. The largest absolute Gasteiger partial charge is 0.328 e. The van der Waals surface area contributed by atoms with E-state index < -0.39 is 10.1 Å². The molecule has 0 amide bonds. The Balaban J connectivity index is 3.63. The fraction of sp³-hybridized carbons (Fsp3) is 1.00. The van der Waals surface area contributed by atoms with Gasteiger partial charge in [-0.3, -0.25) is 4.18 Å². The van der Waals surface area contributed by atoms with Gasteiger partial charge in [-0.1, -0.05) is 110 Å². The second kappa shape index (κ2) is 21.4. The predicted molar refractivity (Wildman–Crippen MR) is 141 cm³/mol. The zero-order valence-electron chi connectivity index (χ0n) is 22.3. The van der Waals surface area contributed by atoms with Crippen molar-refractivity contribution in [2.24, 2.45) is 0 Å². The minimum Gasteiger partial charge on any atom is -0.328 e. The average Bonchev–Trinajstić information content (AvgIpc) is 2.73. The van der Waals surface area contributed by atoms with Gasteiger partial charge in [0.25, 0.3) is 10.1 Å². The van der Waals surface area contributed by atoms with Gasteiger partial charge in [0, 0.05) is 6.42 Å². The molecule has 0 aromatic rings. The SMILES string of the molecule is CCCCCCCCCCCC[N+](C)(C)CCCS(=O)(=O)OCCCCCCCCCC. The molecule has 0 saturated heterocycles. The Morgan fingerprint density at radius 2 is 0.906 bits per heavy atom. The van der Waals surface area contributed by atoms with Gasteiger partial charge in [-0.25, -0.2) is 0 Å². The van der Waals surface area contributed by atoms with Gasteiger partial charge < -0.3 is 4.48 Å². The van der Waals surface area contributed by atoms with Crippen molar-refractivity contribution in [1.82, 2.24) is 0 Å². The topological polar surface area (TPSA) is 43.4 Å². The molecule has 0 aromatic carbocycles. The first-order valence-corrected chi connectivity index (χ1v) is 15.6. The zero-order valence-corrected chi connectivity index (χ0v) is 23.2. The molecule has 0 aliphatic heterocycles. The first kappa shape index (κ1) is 31.9. The van der Waals surface area contributed by atoms with E-state index in [0.29, 0.717) is 13.0 Å². The summed E-state index contributed by atoms with van der Waals surface area (Å²) in [7, 11) is 1.09. The van der Waals surface area contributed by atoms with Gasteiger partial charge in [-0.05, 0) is 19.3 Å². The van der Waals surface area contributed by atoms with E-state index in [1.165, 1.54) is 103 Å². The third-order valence-corrected chi connectivity index (χ3v) is 7.85. The normalized spacial score (nSPS) is 12.5. The molecule has 0 heterocycles. The van der Waals surface area contributed by atoms with Crippen molar-refractivity contribution in [2.75, 3.05) is 39.5 Å². The van der Waals surface area contributed by atoms with Crippen LogP contribution in [0.3, 0.4) is 0 Å². The summed E-state index contributed by atoms with van der Waals surface area (Å²) in [6, 6.07) is 0. The molecule has 32 heavy (non-hydrogen) atoms. The van der Waals surface area contributed by atoms with Gasteiger partial charge in [0.1, 0.15) is 0 Å². The third-order valence-electron chi connectivity index (χ3n) is 6.54. The molecule has 0 bridgehead atoms. The number of unbranched alkanes of at least 4 members (excludes halogenated alkanes) is 16. The number of nitrogens with zero attached hydrogens (tertiary/aromatic N) is 1. The second-order valence-electron chi connectivity index (χ2n) is 10.5. The molecule has 5 heteroatoms. The number of rotatable bonds is 25. The van der Waals surface area contributed by atoms with Crippen molar-refractivity contribution in [3.63, 3.8) is 0 Å². The van der Waals surface area contributed by atoms with Gasteiger partial charge in [0.2, 0.25) is 0 Å². The van der Waals surface area contributed by atoms with E-state index in [-0.39, 0.29) is 5.75 Å². The zero-order chi connectivity index (χ0) is 24.0. The summed E-state index contributed by atoms with van der Waals surface area (Å²) in [6.07, 6.45) is 23.9. The molecule has 0 saturated carbocycles. The van der Waals surface area contributed by atoms with Crippen LogP contribution in [-0.2, 0) is 14.3 Å². The lowest BCUT2D eigenvalue weighted by molar-refractivity contribution is -0.890. The van der Waals surface area contributed by atoms with E-state index >= 15 is 0 Å².